The van der Waals surface area contributed by atoms with Crippen molar-refractivity contribution in [3.05, 3.63) is 18.5 Å². The van der Waals surface area contributed by atoms with Crippen molar-refractivity contribution >= 4 is 17.3 Å². The summed E-state index contributed by atoms with van der Waals surface area (Å²) in [6, 6.07) is 1.66. The number of fused-ring (bicyclic) bond motifs is 1. The molecule has 1 aliphatic rings. The number of pyridine rings is 1. The van der Waals surface area contributed by atoms with E-state index in [2.05, 4.69) is 15.6 Å². The SMILES string of the molecule is CCC1Nc2cnccc2NC1=O. The lowest BCUT2D eigenvalue weighted by Crippen LogP contribution is -2.38. The Bertz CT molecular complexity index is 337. The van der Waals surface area contributed by atoms with E-state index in [0.29, 0.717) is 0 Å². The van der Waals surface area contributed by atoms with Crippen LogP contribution in [-0.2, 0) is 4.79 Å². The topological polar surface area (TPSA) is 54.0 Å². The number of nitrogens with zero attached hydrogens (tertiary/aromatic N) is 1. The summed E-state index contributed by atoms with van der Waals surface area (Å²) >= 11 is 0. The zero-order valence-electron chi connectivity index (χ0n) is 7.37. The van der Waals surface area contributed by atoms with E-state index in [-0.39, 0.29) is 11.9 Å². The average Bonchev–Trinajstić information content (AvgIpc) is 2.17. The maximum absolute atomic E-state index is 11.4. The molecule has 1 aromatic heterocycles. The number of hydrogen-bond donors (Lipinski definition) is 2. The largest absolute Gasteiger partial charge is 0.371 e. The highest BCUT2D eigenvalue weighted by Crippen LogP contribution is 2.25. The zero-order chi connectivity index (χ0) is 9.26. The molecule has 0 bridgehead atoms. The highest BCUT2D eigenvalue weighted by molar-refractivity contribution is 6.02. The first-order valence-electron chi connectivity index (χ1n) is 4.32. The van der Waals surface area contributed by atoms with Crippen LogP contribution in [0.2, 0.25) is 0 Å². The quantitative estimate of drug-likeness (QED) is 0.678. The lowest BCUT2D eigenvalue weighted by molar-refractivity contribution is -0.117. The number of carbonyl (C=O) groups excluding carboxylic acids is 1. The van der Waals surface area contributed by atoms with Gasteiger partial charge in [-0.15, -0.1) is 0 Å². The van der Waals surface area contributed by atoms with E-state index in [4.69, 9.17) is 0 Å². The third kappa shape index (κ3) is 1.35. The number of amides is 1. The van der Waals surface area contributed by atoms with Gasteiger partial charge in [0.05, 0.1) is 17.6 Å². The Hall–Kier alpha value is -1.58. The summed E-state index contributed by atoms with van der Waals surface area (Å²) in [6.07, 6.45) is 4.16. The minimum absolute atomic E-state index is 0.0289. The summed E-state index contributed by atoms with van der Waals surface area (Å²) in [5.74, 6) is 0.0289. The second-order valence-corrected chi connectivity index (χ2v) is 3.02. The average molecular weight is 177 g/mol. The molecule has 2 heterocycles. The van der Waals surface area contributed by atoms with Crippen LogP contribution in [-0.4, -0.2) is 16.9 Å². The lowest BCUT2D eigenvalue weighted by Gasteiger charge is -2.25. The molecule has 68 valence electrons. The van der Waals surface area contributed by atoms with Crippen LogP contribution < -0.4 is 10.6 Å². The monoisotopic (exact) mass is 177 g/mol. The van der Waals surface area contributed by atoms with Crippen molar-refractivity contribution in [2.45, 2.75) is 19.4 Å². The van der Waals surface area contributed by atoms with Crippen LogP contribution in [0.25, 0.3) is 0 Å². The van der Waals surface area contributed by atoms with Gasteiger partial charge >= 0.3 is 0 Å². The van der Waals surface area contributed by atoms with E-state index in [9.17, 15) is 4.79 Å². The van der Waals surface area contributed by atoms with Crippen LogP contribution in [0.3, 0.4) is 0 Å². The Morgan fingerprint density at radius 1 is 1.54 bits per heavy atom. The second-order valence-electron chi connectivity index (χ2n) is 3.02. The van der Waals surface area contributed by atoms with Gasteiger partial charge in [-0.2, -0.15) is 0 Å². The van der Waals surface area contributed by atoms with Gasteiger partial charge in [-0.3, -0.25) is 9.78 Å². The highest BCUT2D eigenvalue weighted by atomic mass is 16.2. The molecule has 2 rings (SSSR count). The summed E-state index contributed by atoms with van der Waals surface area (Å²) in [5, 5.41) is 5.94. The van der Waals surface area contributed by atoms with E-state index in [1.807, 2.05) is 6.92 Å². The van der Waals surface area contributed by atoms with Crippen molar-refractivity contribution in [3.8, 4) is 0 Å². The highest BCUT2D eigenvalue weighted by Gasteiger charge is 2.23. The molecule has 13 heavy (non-hydrogen) atoms. The molecule has 0 fully saturated rings. The van der Waals surface area contributed by atoms with Crippen LogP contribution in [0.1, 0.15) is 13.3 Å². The van der Waals surface area contributed by atoms with Crippen molar-refractivity contribution in [3.63, 3.8) is 0 Å². The molecule has 1 aliphatic heterocycles. The van der Waals surface area contributed by atoms with Crippen LogP contribution in [0, 0.1) is 0 Å². The Kier molecular flexibility index (Phi) is 1.88. The smallest absolute Gasteiger partial charge is 0.246 e. The van der Waals surface area contributed by atoms with Gasteiger partial charge in [0.15, 0.2) is 0 Å². The minimum atomic E-state index is -0.128. The number of aromatic nitrogens is 1. The number of hydrogen-bond acceptors (Lipinski definition) is 3. The molecular weight excluding hydrogens is 166 g/mol. The molecule has 1 aromatic rings. The van der Waals surface area contributed by atoms with Crippen LogP contribution in [0.15, 0.2) is 18.5 Å². The Balaban J connectivity index is 2.33. The van der Waals surface area contributed by atoms with Gasteiger partial charge in [-0.1, -0.05) is 6.92 Å². The van der Waals surface area contributed by atoms with Crippen molar-refractivity contribution in [1.82, 2.24) is 4.98 Å². The molecule has 0 saturated carbocycles. The molecule has 4 nitrogen and oxygen atoms in total. The van der Waals surface area contributed by atoms with E-state index in [1.165, 1.54) is 0 Å². The van der Waals surface area contributed by atoms with Gasteiger partial charge in [0.2, 0.25) is 5.91 Å². The molecule has 0 aliphatic carbocycles. The van der Waals surface area contributed by atoms with Gasteiger partial charge in [0, 0.05) is 6.20 Å². The normalized spacial score (nSPS) is 20.1. The second kappa shape index (κ2) is 3.05. The zero-order valence-corrected chi connectivity index (χ0v) is 7.37. The molecule has 0 saturated heterocycles. The van der Waals surface area contributed by atoms with E-state index >= 15 is 0 Å². The summed E-state index contributed by atoms with van der Waals surface area (Å²) in [4.78, 5) is 15.4. The molecular formula is C9H11N3O. The summed E-state index contributed by atoms with van der Waals surface area (Å²) in [7, 11) is 0. The van der Waals surface area contributed by atoms with Gasteiger partial charge in [-0.25, -0.2) is 0 Å². The predicted molar refractivity (Wildman–Crippen MR) is 50.6 cm³/mol. The van der Waals surface area contributed by atoms with Crippen LogP contribution >= 0.6 is 0 Å². The molecule has 1 atom stereocenters. The summed E-state index contributed by atoms with van der Waals surface area (Å²) < 4.78 is 0. The molecule has 2 N–H and O–H groups in total. The Labute approximate surface area is 76.4 Å². The van der Waals surface area contributed by atoms with E-state index in [1.54, 1.807) is 18.5 Å². The minimum Gasteiger partial charge on any atom is -0.371 e. The number of anilines is 2. The number of rotatable bonds is 1. The number of carbonyl (C=O) groups is 1. The molecule has 1 unspecified atom stereocenters. The maximum atomic E-state index is 11.4. The summed E-state index contributed by atoms with van der Waals surface area (Å²) in [6.45, 7) is 1.97. The van der Waals surface area contributed by atoms with Gasteiger partial charge in [0.1, 0.15) is 6.04 Å². The standard InChI is InChI=1S/C9H11N3O/c1-2-6-9(13)12-7-3-4-10-5-8(7)11-6/h3-6,11H,2H2,1H3,(H,12,13). The van der Waals surface area contributed by atoms with E-state index in [0.717, 1.165) is 17.8 Å². The Morgan fingerprint density at radius 2 is 2.38 bits per heavy atom. The molecule has 0 radical (unpaired) electrons. The van der Waals surface area contributed by atoms with Crippen molar-refractivity contribution in [2.75, 3.05) is 10.6 Å². The van der Waals surface area contributed by atoms with Gasteiger partial charge in [-0.05, 0) is 12.5 Å². The van der Waals surface area contributed by atoms with Crippen molar-refractivity contribution < 1.29 is 4.79 Å². The van der Waals surface area contributed by atoms with Crippen molar-refractivity contribution in [1.29, 1.82) is 0 Å². The van der Waals surface area contributed by atoms with Gasteiger partial charge in [0.25, 0.3) is 0 Å². The molecule has 0 aromatic carbocycles. The first-order chi connectivity index (χ1) is 6.31. The van der Waals surface area contributed by atoms with Gasteiger partial charge < -0.3 is 10.6 Å². The molecule has 4 heteroatoms. The number of nitrogens with one attached hydrogen (secondary N) is 2. The lowest BCUT2D eigenvalue weighted by atomic mass is 10.1. The van der Waals surface area contributed by atoms with Crippen LogP contribution in [0.5, 0.6) is 0 Å². The summed E-state index contributed by atoms with van der Waals surface area (Å²) in [5.41, 5.74) is 1.71. The fraction of sp³-hybridized carbons (Fsp3) is 0.333. The third-order valence-electron chi connectivity index (χ3n) is 2.13. The van der Waals surface area contributed by atoms with Crippen molar-refractivity contribution in [2.24, 2.45) is 0 Å². The fourth-order valence-electron chi connectivity index (χ4n) is 1.38. The Morgan fingerprint density at radius 3 is 3.15 bits per heavy atom. The maximum Gasteiger partial charge on any atom is 0.246 e. The molecule has 1 amide bonds. The van der Waals surface area contributed by atoms with Crippen LogP contribution in [0.4, 0.5) is 11.4 Å². The molecule has 0 spiro atoms. The van der Waals surface area contributed by atoms with E-state index < -0.39 is 0 Å². The fourth-order valence-corrected chi connectivity index (χ4v) is 1.38. The predicted octanol–water partition coefficient (Wildman–Crippen LogP) is 1.22. The first kappa shape index (κ1) is 8.04. The first-order valence-corrected chi connectivity index (χ1v) is 4.32. The third-order valence-corrected chi connectivity index (χ3v) is 2.13.